The van der Waals surface area contributed by atoms with E-state index in [-0.39, 0.29) is 11.9 Å². The van der Waals surface area contributed by atoms with Crippen LogP contribution in [0.4, 0.5) is 5.82 Å². The highest BCUT2D eigenvalue weighted by Crippen LogP contribution is 2.36. The van der Waals surface area contributed by atoms with E-state index in [9.17, 15) is 4.79 Å². The highest BCUT2D eigenvalue weighted by atomic mass is 16.1. The predicted octanol–water partition coefficient (Wildman–Crippen LogP) is 4.32. The minimum atomic E-state index is -0.113. The number of nitrogen functional groups attached to an aromatic ring is 1. The van der Waals surface area contributed by atoms with Crippen molar-refractivity contribution < 1.29 is 4.79 Å². The second kappa shape index (κ2) is 9.37. The Bertz CT molecular complexity index is 2130. The number of hydrogen-bond donors (Lipinski definition) is 2. The molecule has 3 N–H and O–H groups in total. The van der Waals surface area contributed by atoms with E-state index in [1.165, 1.54) is 0 Å². The molecule has 1 aliphatic rings. The van der Waals surface area contributed by atoms with E-state index < -0.39 is 0 Å². The summed E-state index contributed by atoms with van der Waals surface area (Å²) in [7, 11) is 0. The van der Waals surface area contributed by atoms with Crippen molar-refractivity contribution in [3.63, 3.8) is 0 Å². The van der Waals surface area contributed by atoms with Gasteiger partial charge in [-0.05, 0) is 78.6 Å². The molecule has 0 saturated heterocycles. The molecule has 0 aliphatic heterocycles. The van der Waals surface area contributed by atoms with Crippen LogP contribution in [0.25, 0.3) is 39.7 Å². The molecule has 6 heterocycles. The minimum absolute atomic E-state index is 0.0856. The molecule has 7 aromatic rings. The van der Waals surface area contributed by atoms with Gasteiger partial charge in [-0.3, -0.25) is 9.36 Å². The molecule has 11 heteroatoms. The van der Waals surface area contributed by atoms with Gasteiger partial charge < -0.3 is 15.5 Å². The van der Waals surface area contributed by atoms with E-state index in [0.717, 1.165) is 46.4 Å². The van der Waals surface area contributed by atoms with Gasteiger partial charge in [0.1, 0.15) is 17.0 Å². The Morgan fingerprint density at radius 2 is 1.90 bits per heavy atom. The van der Waals surface area contributed by atoms with Gasteiger partial charge in [-0.1, -0.05) is 6.07 Å². The van der Waals surface area contributed by atoms with Crippen molar-refractivity contribution in [1.82, 2.24) is 44.0 Å². The number of nitrogens with zero attached hydrogens (tertiary/aromatic N) is 8. The average molecular weight is 553 g/mol. The molecule has 0 bridgehead atoms. The molecule has 0 spiro atoms. The summed E-state index contributed by atoms with van der Waals surface area (Å²) in [6.45, 7) is 0. The number of nitrogens with one attached hydrogen (secondary N) is 1. The number of aryl methyl sites for hydroxylation is 1. The third-order valence-corrected chi connectivity index (χ3v) is 7.73. The number of aromatic nitrogens is 8. The molecule has 11 nitrogen and oxygen atoms in total. The molecular formula is C31H24N10O. The van der Waals surface area contributed by atoms with Crippen LogP contribution >= 0.6 is 0 Å². The molecule has 0 unspecified atom stereocenters. The van der Waals surface area contributed by atoms with E-state index >= 15 is 0 Å². The van der Waals surface area contributed by atoms with Crippen molar-refractivity contribution in [3.05, 3.63) is 115 Å². The fraction of sp³-hybridized carbons (Fsp3) is 0.0968. The van der Waals surface area contributed by atoms with Gasteiger partial charge in [0.2, 0.25) is 0 Å². The summed E-state index contributed by atoms with van der Waals surface area (Å²) >= 11 is 0. The summed E-state index contributed by atoms with van der Waals surface area (Å²) in [6.07, 6.45) is 12.2. The summed E-state index contributed by atoms with van der Waals surface area (Å²) in [4.78, 5) is 31.6. The van der Waals surface area contributed by atoms with Gasteiger partial charge in [-0.2, -0.15) is 5.10 Å². The standard InChI is InChI=1S/C31H24N10O/c32-28-23(3-1-12-34-28)29-36-25-9-11-27(40-15-2-13-35-40)38-30(25)41(29)21-6-7-22-19(17-21)4-8-24(22)37-31(42)20-5-10-26-33-14-16-39(26)18-20/h1-3,5-7,9-18,24H,4,8H2,(H2,32,34)(H,37,42)/t24-/m0/s1. The van der Waals surface area contributed by atoms with Crippen molar-refractivity contribution in [2.45, 2.75) is 18.9 Å². The van der Waals surface area contributed by atoms with Crippen LogP contribution in [-0.4, -0.2) is 44.6 Å². The largest absolute Gasteiger partial charge is 0.383 e. The van der Waals surface area contributed by atoms with Crippen molar-refractivity contribution in [1.29, 1.82) is 0 Å². The van der Waals surface area contributed by atoms with Crippen LogP contribution in [0.1, 0.15) is 33.9 Å². The van der Waals surface area contributed by atoms with Gasteiger partial charge in [0.05, 0.1) is 17.2 Å². The number of amides is 1. The zero-order valence-corrected chi connectivity index (χ0v) is 22.3. The molecule has 0 radical (unpaired) electrons. The van der Waals surface area contributed by atoms with Crippen molar-refractivity contribution >= 4 is 28.5 Å². The number of imidazole rings is 2. The molecule has 1 amide bonds. The third kappa shape index (κ3) is 3.90. The number of hydrogen-bond acceptors (Lipinski definition) is 7. The molecule has 8 rings (SSSR count). The first-order valence-corrected chi connectivity index (χ1v) is 13.6. The maximum Gasteiger partial charge on any atom is 0.253 e. The maximum atomic E-state index is 13.1. The molecule has 1 aromatic carbocycles. The summed E-state index contributed by atoms with van der Waals surface area (Å²) < 4.78 is 5.58. The van der Waals surface area contributed by atoms with Crippen LogP contribution in [0, 0.1) is 0 Å². The Labute approximate surface area is 239 Å². The molecule has 1 atom stereocenters. The summed E-state index contributed by atoms with van der Waals surface area (Å²) in [6, 6.07) is 19.3. The van der Waals surface area contributed by atoms with Gasteiger partial charge >= 0.3 is 0 Å². The topological polar surface area (TPSA) is 134 Å². The van der Waals surface area contributed by atoms with Crippen LogP contribution < -0.4 is 11.1 Å². The number of nitrogens with two attached hydrogens (primary N) is 1. The third-order valence-electron chi connectivity index (χ3n) is 7.73. The second-order valence-corrected chi connectivity index (χ2v) is 10.2. The molecule has 0 saturated carbocycles. The number of fused-ring (bicyclic) bond motifs is 3. The highest BCUT2D eigenvalue weighted by molar-refractivity contribution is 5.94. The Morgan fingerprint density at radius 1 is 0.952 bits per heavy atom. The lowest BCUT2D eigenvalue weighted by molar-refractivity contribution is 0.0936. The van der Waals surface area contributed by atoms with Gasteiger partial charge in [0.25, 0.3) is 5.91 Å². The fourth-order valence-corrected chi connectivity index (χ4v) is 5.70. The smallest absolute Gasteiger partial charge is 0.253 e. The first-order chi connectivity index (χ1) is 20.6. The Hall–Kier alpha value is -5.84. The van der Waals surface area contributed by atoms with E-state index in [0.29, 0.717) is 28.7 Å². The van der Waals surface area contributed by atoms with Gasteiger partial charge in [0.15, 0.2) is 17.3 Å². The van der Waals surface area contributed by atoms with Crippen LogP contribution in [0.3, 0.4) is 0 Å². The number of anilines is 1. The first-order valence-electron chi connectivity index (χ1n) is 13.6. The normalized spacial score (nSPS) is 14.4. The van der Waals surface area contributed by atoms with E-state index in [2.05, 4.69) is 32.5 Å². The Balaban J connectivity index is 1.19. The number of rotatable bonds is 5. The van der Waals surface area contributed by atoms with Crippen molar-refractivity contribution in [3.8, 4) is 22.9 Å². The Morgan fingerprint density at radius 3 is 2.79 bits per heavy atom. The van der Waals surface area contributed by atoms with Crippen LogP contribution in [0.5, 0.6) is 0 Å². The number of pyridine rings is 3. The van der Waals surface area contributed by atoms with E-state index in [4.69, 9.17) is 15.7 Å². The van der Waals surface area contributed by atoms with Crippen LogP contribution in [0.15, 0.2) is 97.8 Å². The van der Waals surface area contributed by atoms with E-state index in [1.807, 2.05) is 63.8 Å². The summed E-state index contributed by atoms with van der Waals surface area (Å²) in [5.74, 6) is 1.60. The first kappa shape index (κ1) is 24.0. The SMILES string of the molecule is Nc1ncccc1-c1nc2ccc(-n3cccn3)nc2n1-c1ccc2c(c1)CC[C@@H]2NC(=O)c1ccc2nccn2c1. The van der Waals surface area contributed by atoms with Crippen molar-refractivity contribution in [2.24, 2.45) is 0 Å². The Kier molecular flexibility index (Phi) is 5.36. The van der Waals surface area contributed by atoms with Crippen molar-refractivity contribution in [2.75, 3.05) is 5.73 Å². The molecule has 0 fully saturated rings. The zero-order valence-electron chi connectivity index (χ0n) is 22.3. The van der Waals surface area contributed by atoms with Gasteiger partial charge in [0, 0.05) is 42.9 Å². The molecule has 6 aromatic heterocycles. The van der Waals surface area contributed by atoms with Gasteiger partial charge in [-0.25, -0.2) is 24.6 Å². The maximum absolute atomic E-state index is 13.1. The predicted molar refractivity (Wildman–Crippen MR) is 157 cm³/mol. The summed E-state index contributed by atoms with van der Waals surface area (Å²) in [5.41, 5.74) is 13.0. The molecule has 42 heavy (non-hydrogen) atoms. The summed E-state index contributed by atoms with van der Waals surface area (Å²) in [5, 5.41) is 7.56. The quantitative estimate of drug-likeness (QED) is 0.325. The molecule has 1 aliphatic carbocycles. The van der Waals surface area contributed by atoms with Gasteiger partial charge in [-0.15, -0.1) is 0 Å². The van der Waals surface area contributed by atoms with E-state index in [1.54, 1.807) is 35.5 Å². The minimum Gasteiger partial charge on any atom is -0.383 e. The zero-order chi connectivity index (χ0) is 28.2. The lowest BCUT2D eigenvalue weighted by Crippen LogP contribution is -2.27. The van der Waals surface area contributed by atoms with Crippen LogP contribution in [0.2, 0.25) is 0 Å². The highest BCUT2D eigenvalue weighted by Gasteiger charge is 2.26. The monoisotopic (exact) mass is 552 g/mol. The second-order valence-electron chi connectivity index (χ2n) is 10.2. The molecular weight excluding hydrogens is 528 g/mol. The average Bonchev–Trinajstić information content (AvgIpc) is 3.83. The lowest BCUT2D eigenvalue weighted by Gasteiger charge is -2.16. The number of carbonyl (C=O) groups is 1. The number of benzene rings is 1. The fourth-order valence-electron chi connectivity index (χ4n) is 5.70. The molecule has 204 valence electrons. The lowest BCUT2D eigenvalue weighted by atomic mass is 10.1. The van der Waals surface area contributed by atoms with Crippen LogP contribution in [-0.2, 0) is 6.42 Å². The number of carbonyl (C=O) groups excluding carboxylic acids is 1.